The van der Waals surface area contributed by atoms with Crippen LogP contribution in [0.1, 0.15) is 30.5 Å². The molecule has 1 heterocycles. The fourth-order valence-corrected chi connectivity index (χ4v) is 4.16. The molecule has 9 heteroatoms. The topological polar surface area (TPSA) is 95.7 Å². The van der Waals surface area contributed by atoms with Crippen LogP contribution in [0.2, 0.25) is 10.0 Å². The molecule has 2 atom stereocenters. The number of carboxylic acid groups (broad SMARTS) is 1. The van der Waals surface area contributed by atoms with Gasteiger partial charge in [-0.3, -0.25) is 4.79 Å². The number of halogens is 3. The molecule has 158 valence electrons. The lowest BCUT2D eigenvalue weighted by atomic mass is 9.91. The van der Waals surface area contributed by atoms with Crippen LogP contribution in [-0.4, -0.2) is 23.0 Å². The van der Waals surface area contributed by atoms with E-state index in [2.05, 4.69) is 17.3 Å². The number of hydrogen-bond donors (Lipinski definition) is 3. The number of nitrogens with one attached hydrogen (secondary N) is 1. The Hall–Kier alpha value is -2.59. The van der Waals surface area contributed by atoms with Crippen molar-refractivity contribution in [1.82, 2.24) is 0 Å². The Morgan fingerprint density at radius 3 is 2.50 bits per heavy atom. The summed E-state index contributed by atoms with van der Waals surface area (Å²) in [5.74, 6) is 1.54. The normalized spacial score (nSPS) is 16.8. The molecule has 30 heavy (non-hydrogen) atoms. The molecule has 0 aromatic heterocycles. The number of carbonyl (C=O) groups excluding carboxylic acids is 1. The van der Waals surface area contributed by atoms with Gasteiger partial charge in [-0.05, 0) is 29.8 Å². The predicted octanol–water partition coefficient (Wildman–Crippen LogP) is 4.24. The number of benzene rings is 2. The highest BCUT2D eigenvalue weighted by Gasteiger charge is 2.37. The first-order valence-electron chi connectivity index (χ1n) is 8.87. The molecule has 4 N–H and O–H groups in total. The van der Waals surface area contributed by atoms with Gasteiger partial charge in [0.05, 0.1) is 6.04 Å². The maximum absolute atomic E-state index is 12.6. The lowest BCUT2D eigenvalue weighted by Gasteiger charge is -2.38. The first-order chi connectivity index (χ1) is 13.8. The summed E-state index contributed by atoms with van der Waals surface area (Å²) in [5, 5.41) is 13.3. The number of fused-ring (bicyclic) bond motifs is 1. The summed E-state index contributed by atoms with van der Waals surface area (Å²) >= 11 is 12.6. The molecule has 1 amide bonds. The highest BCUT2D eigenvalue weighted by molar-refractivity contribution is 6.35. The number of carbonyl (C=O) groups is 2. The van der Waals surface area contributed by atoms with E-state index in [0.29, 0.717) is 33.4 Å². The van der Waals surface area contributed by atoms with E-state index in [1.807, 2.05) is 12.1 Å². The smallest absolute Gasteiger partial charge is 0.326 e. The third-order valence-electron chi connectivity index (χ3n) is 4.77. The number of nitrogens with zero attached hydrogens (tertiary/aromatic N) is 1. The molecule has 0 spiro atoms. The summed E-state index contributed by atoms with van der Waals surface area (Å²) in [6.45, 7) is 1.44. The van der Waals surface area contributed by atoms with Gasteiger partial charge in [-0.2, -0.15) is 0 Å². The fraction of sp³-hybridized carbons (Fsp3) is 0.238. The van der Waals surface area contributed by atoms with Crippen molar-refractivity contribution in [1.29, 1.82) is 0 Å². The lowest BCUT2D eigenvalue weighted by Crippen LogP contribution is -2.43. The Morgan fingerprint density at radius 1 is 1.27 bits per heavy atom. The summed E-state index contributed by atoms with van der Waals surface area (Å²) in [6.07, 6.45) is 0.655. The monoisotopic (exact) mass is 467 g/mol. The summed E-state index contributed by atoms with van der Waals surface area (Å²) in [5.41, 5.74) is 7.94. The maximum Gasteiger partial charge on any atom is 0.326 e. The van der Waals surface area contributed by atoms with Gasteiger partial charge in [-0.25, -0.2) is 4.79 Å². The van der Waals surface area contributed by atoms with Crippen LogP contribution in [0.25, 0.3) is 0 Å². The fourth-order valence-electron chi connectivity index (χ4n) is 3.54. The molecule has 0 radical (unpaired) electrons. The molecule has 2 aromatic carbocycles. The summed E-state index contributed by atoms with van der Waals surface area (Å²) in [7, 11) is 0. The second-order valence-electron chi connectivity index (χ2n) is 6.69. The largest absolute Gasteiger partial charge is 0.480 e. The van der Waals surface area contributed by atoms with Crippen molar-refractivity contribution in [3.63, 3.8) is 0 Å². The SMILES string of the molecule is CC(=O)N(c1ccc(CC#CN)cc1)C1CC(C(=O)O)Nc2cc(Cl)cc(Cl)c21.Cl. The predicted molar refractivity (Wildman–Crippen MR) is 121 cm³/mol. The molecule has 0 aliphatic carbocycles. The van der Waals surface area contributed by atoms with Gasteiger partial charge < -0.3 is 21.1 Å². The minimum atomic E-state index is -1.02. The van der Waals surface area contributed by atoms with E-state index < -0.39 is 18.1 Å². The Kier molecular flexibility index (Phi) is 7.85. The van der Waals surface area contributed by atoms with Crippen LogP contribution in [-0.2, 0) is 16.0 Å². The molecule has 6 nitrogen and oxygen atoms in total. The summed E-state index contributed by atoms with van der Waals surface area (Å²) < 4.78 is 0. The van der Waals surface area contributed by atoms with E-state index in [0.717, 1.165) is 5.56 Å². The number of carboxylic acids is 1. The van der Waals surface area contributed by atoms with Crippen LogP contribution in [0.15, 0.2) is 36.4 Å². The summed E-state index contributed by atoms with van der Waals surface area (Å²) in [6, 6.07) is 11.4. The Bertz CT molecular complexity index is 1020. The van der Waals surface area contributed by atoms with E-state index in [9.17, 15) is 14.7 Å². The van der Waals surface area contributed by atoms with E-state index in [4.69, 9.17) is 28.9 Å². The number of aliphatic carboxylic acids is 1. The second kappa shape index (κ2) is 9.94. The molecule has 0 saturated carbocycles. The van der Waals surface area contributed by atoms with Crippen molar-refractivity contribution < 1.29 is 14.7 Å². The van der Waals surface area contributed by atoms with Crippen molar-refractivity contribution >= 4 is 58.9 Å². The standard InChI is InChI=1S/C21H19Cl2N3O3.ClH/c1-12(27)26(15-6-4-13(5-7-15)3-2-8-24)19-11-18(21(28)29)25-17-10-14(22)9-16(23)20(17)19;/h4-7,9-10,18-19,25H,3,11,24H2,1H3,(H,28,29);1H. The van der Waals surface area contributed by atoms with Gasteiger partial charge >= 0.3 is 5.97 Å². The zero-order valence-corrected chi connectivity index (χ0v) is 18.3. The van der Waals surface area contributed by atoms with Gasteiger partial charge in [0.15, 0.2) is 0 Å². The van der Waals surface area contributed by atoms with E-state index in [-0.39, 0.29) is 24.7 Å². The molecule has 2 aromatic rings. The van der Waals surface area contributed by atoms with Crippen molar-refractivity contribution in [3.05, 3.63) is 57.6 Å². The van der Waals surface area contributed by atoms with E-state index >= 15 is 0 Å². The van der Waals surface area contributed by atoms with Crippen molar-refractivity contribution in [2.45, 2.75) is 31.8 Å². The third-order valence-corrected chi connectivity index (χ3v) is 5.31. The van der Waals surface area contributed by atoms with Gasteiger partial charge in [0, 0.05) is 52.8 Å². The number of amides is 1. The van der Waals surface area contributed by atoms with Gasteiger partial charge in [-0.15, -0.1) is 12.4 Å². The zero-order chi connectivity index (χ0) is 21.1. The van der Waals surface area contributed by atoms with Gasteiger partial charge in [0.25, 0.3) is 0 Å². The van der Waals surface area contributed by atoms with Gasteiger partial charge in [0.1, 0.15) is 6.04 Å². The molecule has 0 saturated heterocycles. The van der Waals surface area contributed by atoms with Crippen LogP contribution in [0.5, 0.6) is 0 Å². The lowest BCUT2D eigenvalue weighted by molar-refractivity contribution is -0.138. The highest BCUT2D eigenvalue weighted by Crippen LogP contribution is 2.44. The molecule has 2 unspecified atom stereocenters. The quantitative estimate of drug-likeness (QED) is 0.461. The summed E-state index contributed by atoms with van der Waals surface area (Å²) in [4.78, 5) is 25.9. The molecular weight excluding hydrogens is 449 g/mol. The minimum Gasteiger partial charge on any atom is -0.480 e. The van der Waals surface area contributed by atoms with Crippen LogP contribution >= 0.6 is 35.6 Å². The van der Waals surface area contributed by atoms with Crippen LogP contribution in [0.3, 0.4) is 0 Å². The molecular formula is C21H20Cl3N3O3. The molecule has 0 bridgehead atoms. The zero-order valence-electron chi connectivity index (χ0n) is 16.0. The van der Waals surface area contributed by atoms with Crippen molar-refractivity contribution in [2.24, 2.45) is 5.73 Å². The molecule has 0 fully saturated rings. The van der Waals surface area contributed by atoms with Crippen molar-refractivity contribution in [3.8, 4) is 12.0 Å². The minimum absolute atomic E-state index is 0. The molecule has 1 aliphatic rings. The first kappa shape index (κ1) is 23.7. The Labute approximate surface area is 190 Å². The second-order valence-corrected chi connectivity index (χ2v) is 7.53. The van der Waals surface area contributed by atoms with Crippen LogP contribution in [0.4, 0.5) is 11.4 Å². The molecule has 3 rings (SSSR count). The average Bonchev–Trinajstić information content (AvgIpc) is 2.66. The van der Waals surface area contributed by atoms with Crippen molar-refractivity contribution in [2.75, 3.05) is 10.2 Å². The number of hydrogen-bond acceptors (Lipinski definition) is 4. The van der Waals surface area contributed by atoms with Crippen LogP contribution in [0, 0.1) is 12.0 Å². The van der Waals surface area contributed by atoms with E-state index in [1.54, 1.807) is 29.2 Å². The number of nitrogens with two attached hydrogens (primary N) is 1. The van der Waals surface area contributed by atoms with Crippen LogP contribution < -0.4 is 16.0 Å². The maximum atomic E-state index is 12.6. The Morgan fingerprint density at radius 2 is 1.93 bits per heavy atom. The number of rotatable bonds is 4. The molecule has 1 aliphatic heterocycles. The van der Waals surface area contributed by atoms with Gasteiger partial charge in [0.2, 0.25) is 5.91 Å². The third kappa shape index (κ3) is 4.93. The highest BCUT2D eigenvalue weighted by atomic mass is 35.5. The average molecular weight is 469 g/mol. The Balaban J connectivity index is 0.00000320. The van der Waals surface area contributed by atoms with Gasteiger partial charge in [-0.1, -0.05) is 41.3 Å². The number of anilines is 2. The first-order valence-corrected chi connectivity index (χ1v) is 9.63. The van der Waals surface area contributed by atoms with E-state index in [1.165, 1.54) is 6.92 Å².